The van der Waals surface area contributed by atoms with E-state index in [0.717, 1.165) is 27.5 Å². The highest BCUT2D eigenvalue weighted by molar-refractivity contribution is 9.10. The largest absolute Gasteiger partial charge is 0.478 e. The first-order valence-corrected chi connectivity index (χ1v) is 7.55. The quantitative estimate of drug-likeness (QED) is 0.789. The van der Waals surface area contributed by atoms with E-state index in [4.69, 9.17) is 5.11 Å². The smallest absolute Gasteiger partial charge is 0.335 e. The predicted octanol–water partition coefficient (Wildman–Crippen LogP) is 4.43. The molecule has 0 spiro atoms. The summed E-state index contributed by atoms with van der Waals surface area (Å²) in [6.07, 6.45) is 1.22. The molecule has 0 fully saturated rings. The highest BCUT2D eigenvalue weighted by atomic mass is 79.9. The number of rotatable bonds is 6. The van der Waals surface area contributed by atoms with Crippen LogP contribution in [0.3, 0.4) is 0 Å². The molecule has 2 nitrogen and oxygen atoms in total. The molecule has 0 heterocycles. The molecular weight excluding hydrogens is 300 g/mol. The van der Waals surface area contributed by atoms with Gasteiger partial charge in [-0.15, -0.1) is 0 Å². The average molecular weight is 317 g/mol. The Balaban J connectivity index is 2.52. The number of benzene rings is 1. The van der Waals surface area contributed by atoms with E-state index in [1.165, 1.54) is 6.42 Å². The van der Waals surface area contributed by atoms with Crippen molar-refractivity contribution < 1.29 is 9.90 Å². The van der Waals surface area contributed by atoms with E-state index in [-0.39, 0.29) is 0 Å². The van der Waals surface area contributed by atoms with Gasteiger partial charge in [-0.1, -0.05) is 35.8 Å². The van der Waals surface area contributed by atoms with Crippen LogP contribution in [0.2, 0.25) is 0 Å². The lowest BCUT2D eigenvalue weighted by Crippen LogP contribution is -1.97. The fourth-order valence-electron chi connectivity index (χ4n) is 1.30. The van der Waals surface area contributed by atoms with Gasteiger partial charge in [-0.25, -0.2) is 4.79 Å². The van der Waals surface area contributed by atoms with Crippen LogP contribution in [0.4, 0.5) is 0 Å². The topological polar surface area (TPSA) is 37.3 Å². The van der Waals surface area contributed by atoms with Gasteiger partial charge in [0.2, 0.25) is 0 Å². The normalized spacial score (nSPS) is 10.8. The van der Waals surface area contributed by atoms with Gasteiger partial charge in [0.25, 0.3) is 0 Å². The standard InChI is InChI=1S/C13H17BrO2S/c1-9(2)5-6-17-8-11-4-3-10(13(15)16)7-12(11)14/h3-4,7,9H,5-6,8H2,1-2H3,(H,15,16). The van der Waals surface area contributed by atoms with Gasteiger partial charge in [0.1, 0.15) is 0 Å². The molecule has 0 atom stereocenters. The molecule has 0 aliphatic heterocycles. The van der Waals surface area contributed by atoms with Crippen LogP contribution < -0.4 is 0 Å². The van der Waals surface area contributed by atoms with E-state index in [0.29, 0.717) is 5.56 Å². The summed E-state index contributed by atoms with van der Waals surface area (Å²) in [6, 6.07) is 5.21. The molecule has 0 aromatic heterocycles. The molecule has 1 aromatic rings. The van der Waals surface area contributed by atoms with E-state index in [1.54, 1.807) is 12.1 Å². The van der Waals surface area contributed by atoms with Crippen LogP contribution in [0.25, 0.3) is 0 Å². The van der Waals surface area contributed by atoms with Gasteiger partial charge in [-0.05, 0) is 35.8 Å². The van der Waals surface area contributed by atoms with Gasteiger partial charge in [-0.3, -0.25) is 0 Å². The molecule has 0 aliphatic rings. The van der Waals surface area contributed by atoms with Crippen molar-refractivity contribution in [3.05, 3.63) is 33.8 Å². The van der Waals surface area contributed by atoms with Crippen LogP contribution >= 0.6 is 27.7 Å². The van der Waals surface area contributed by atoms with E-state index < -0.39 is 5.97 Å². The number of carboxylic acid groups (broad SMARTS) is 1. The molecule has 94 valence electrons. The number of carboxylic acids is 1. The van der Waals surface area contributed by atoms with Gasteiger partial charge in [-0.2, -0.15) is 11.8 Å². The molecule has 4 heteroatoms. The fraction of sp³-hybridized carbons (Fsp3) is 0.462. The van der Waals surface area contributed by atoms with Crippen LogP contribution in [0.15, 0.2) is 22.7 Å². The van der Waals surface area contributed by atoms with Gasteiger partial charge in [0.15, 0.2) is 0 Å². The first kappa shape index (κ1) is 14.6. The Morgan fingerprint density at radius 2 is 2.18 bits per heavy atom. The Hall–Kier alpha value is -0.480. The minimum absolute atomic E-state index is 0.327. The summed E-state index contributed by atoms with van der Waals surface area (Å²) < 4.78 is 0.884. The Bertz CT molecular complexity index is 391. The van der Waals surface area contributed by atoms with Crippen LogP contribution in [0, 0.1) is 5.92 Å². The summed E-state index contributed by atoms with van der Waals surface area (Å²) in [5.41, 5.74) is 1.48. The Kier molecular flexibility index (Phi) is 6.06. The van der Waals surface area contributed by atoms with E-state index >= 15 is 0 Å². The molecule has 17 heavy (non-hydrogen) atoms. The first-order valence-electron chi connectivity index (χ1n) is 5.60. The lowest BCUT2D eigenvalue weighted by Gasteiger charge is -2.07. The molecule has 0 radical (unpaired) electrons. The Morgan fingerprint density at radius 3 is 2.71 bits per heavy atom. The average Bonchev–Trinajstić information content (AvgIpc) is 2.25. The van der Waals surface area contributed by atoms with Gasteiger partial charge >= 0.3 is 5.97 Å². The molecule has 0 aliphatic carbocycles. The van der Waals surface area contributed by atoms with Gasteiger partial charge in [0, 0.05) is 10.2 Å². The molecule has 1 rings (SSSR count). The molecule has 0 bridgehead atoms. The summed E-state index contributed by atoms with van der Waals surface area (Å²) in [4.78, 5) is 10.8. The Labute approximate surface area is 115 Å². The summed E-state index contributed by atoms with van der Waals surface area (Å²) in [5.74, 6) is 1.92. The fourth-order valence-corrected chi connectivity index (χ4v) is 3.26. The van der Waals surface area contributed by atoms with Crippen molar-refractivity contribution in [2.75, 3.05) is 5.75 Å². The highest BCUT2D eigenvalue weighted by Crippen LogP contribution is 2.24. The zero-order valence-electron chi connectivity index (χ0n) is 10.1. The second-order valence-corrected chi connectivity index (χ2v) is 6.31. The highest BCUT2D eigenvalue weighted by Gasteiger charge is 2.06. The monoisotopic (exact) mass is 316 g/mol. The Morgan fingerprint density at radius 1 is 1.47 bits per heavy atom. The number of thioether (sulfide) groups is 1. The SMILES string of the molecule is CC(C)CCSCc1ccc(C(=O)O)cc1Br. The molecular formula is C13H17BrO2S. The van der Waals surface area contributed by atoms with Crippen LogP contribution in [-0.4, -0.2) is 16.8 Å². The third-order valence-electron chi connectivity index (χ3n) is 2.40. The molecule has 0 saturated heterocycles. The number of hydrogen-bond acceptors (Lipinski definition) is 2. The van der Waals surface area contributed by atoms with Gasteiger partial charge < -0.3 is 5.11 Å². The lowest BCUT2D eigenvalue weighted by molar-refractivity contribution is 0.0697. The zero-order chi connectivity index (χ0) is 12.8. The third kappa shape index (κ3) is 5.13. The summed E-state index contributed by atoms with van der Waals surface area (Å²) in [5, 5.41) is 8.85. The van der Waals surface area contributed by atoms with Crippen molar-refractivity contribution in [2.24, 2.45) is 5.92 Å². The molecule has 1 aromatic carbocycles. The lowest BCUT2D eigenvalue weighted by atomic mass is 10.1. The van der Waals surface area contributed by atoms with Crippen molar-refractivity contribution in [3.8, 4) is 0 Å². The van der Waals surface area contributed by atoms with Crippen molar-refractivity contribution in [1.82, 2.24) is 0 Å². The number of aromatic carboxylic acids is 1. The minimum atomic E-state index is -0.885. The zero-order valence-corrected chi connectivity index (χ0v) is 12.5. The van der Waals surface area contributed by atoms with E-state index in [2.05, 4.69) is 29.8 Å². The second-order valence-electron chi connectivity index (χ2n) is 4.35. The third-order valence-corrected chi connectivity index (χ3v) is 4.17. The molecule has 0 saturated carbocycles. The van der Waals surface area contributed by atoms with E-state index in [1.807, 2.05) is 17.8 Å². The maximum Gasteiger partial charge on any atom is 0.335 e. The van der Waals surface area contributed by atoms with Crippen LogP contribution in [0.5, 0.6) is 0 Å². The van der Waals surface area contributed by atoms with Crippen molar-refractivity contribution in [2.45, 2.75) is 26.0 Å². The second kappa shape index (κ2) is 7.07. The summed E-state index contributed by atoms with van der Waals surface area (Å²) in [7, 11) is 0. The first-order chi connectivity index (χ1) is 8.00. The molecule has 0 unspecified atom stereocenters. The van der Waals surface area contributed by atoms with Crippen molar-refractivity contribution >= 4 is 33.7 Å². The summed E-state index contributed by atoms with van der Waals surface area (Å²) >= 11 is 5.31. The van der Waals surface area contributed by atoms with Crippen LogP contribution in [0.1, 0.15) is 36.2 Å². The van der Waals surface area contributed by atoms with Gasteiger partial charge in [0.05, 0.1) is 5.56 Å². The number of carbonyl (C=O) groups is 1. The number of hydrogen-bond donors (Lipinski definition) is 1. The summed E-state index contributed by atoms with van der Waals surface area (Å²) in [6.45, 7) is 4.44. The van der Waals surface area contributed by atoms with Crippen molar-refractivity contribution in [3.63, 3.8) is 0 Å². The maximum atomic E-state index is 10.8. The predicted molar refractivity (Wildman–Crippen MR) is 76.7 cm³/mol. The number of halogens is 1. The minimum Gasteiger partial charge on any atom is -0.478 e. The maximum absolute atomic E-state index is 10.8. The molecule has 0 amide bonds. The molecule has 1 N–H and O–H groups in total. The van der Waals surface area contributed by atoms with Crippen LogP contribution in [-0.2, 0) is 5.75 Å². The van der Waals surface area contributed by atoms with Crippen molar-refractivity contribution in [1.29, 1.82) is 0 Å². The van der Waals surface area contributed by atoms with E-state index in [9.17, 15) is 4.79 Å².